The van der Waals surface area contributed by atoms with E-state index >= 15 is 0 Å². The Morgan fingerprint density at radius 3 is 2.65 bits per heavy atom. The van der Waals surface area contributed by atoms with Crippen molar-refractivity contribution in [3.8, 4) is 11.3 Å². The number of hydrogen-bond acceptors (Lipinski definition) is 4. The van der Waals surface area contributed by atoms with E-state index in [0.717, 1.165) is 18.4 Å². The summed E-state index contributed by atoms with van der Waals surface area (Å²) in [5, 5.41) is 9.07. The molecule has 0 aliphatic heterocycles. The van der Waals surface area contributed by atoms with Gasteiger partial charge in [-0.05, 0) is 25.0 Å². The molecule has 1 fully saturated rings. The average molecular weight is 272 g/mol. The van der Waals surface area contributed by atoms with Crippen molar-refractivity contribution in [2.75, 3.05) is 13.2 Å². The first-order valence-corrected chi connectivity index (χ1v) is 6.70. The summed E-state index contributed by atoms with van der Waals surface area (Å²) >= 11 is 0. The molecule has 0 spiro atoms. The van der Waals surface area contributed by atoms with Crippen molar-refractivity contribution in [3.05, 3.63) is 42.4 Å². The van der Waals surface area contributed by atoms with Crippen LogP contribution in [0.1, 0.15) is 23.2 Å². The van der Waals surface area contributed by atoms with Gasteiger partial charge in [-0.2, -0.15) is 0 Å². The minimum atomic E-state index is -0.0225. The molecular formula is C15H16N2O3. The lowest BCUT2D eigenvalue weighted by Crippen LogP contribution is -2.35. The van der Waals surface area contributed by atoms with Gasteiger partial charge in [-0.1, -0.05) is 12.1 Å². The minimum absolute atomic E-state index is 0.00160. The van der Waals surface area contributed by atoms with Gasteiger partial charge < -0.3 is 14.4 Å². The summed E-state index contributed by atoms with van der Waals surface area (Å²) in [4.78, 5) is 18.0. The van der Waals surface area contributed by atoms with Gasteiger partial charge in [0.1, 0.15) is 0 Å². The van der Waals surface area contributed by atoms with Crippen molar-refractivity contribution in [1.29, 1.82) is 0 Å². The second-order valence-electron chi connectivity index (χ2n) is 4.90. The first-order valence-electron chi connectivity index (χ1n) is 6.70. The highest BCUT2D eigenvalue weighted by Gasteiger charge is 2.32. The van der Waals surface area contributed by atoms with Crippen LogP contribution in [0.15, 0.2) is 41.3 Å². The SMILES string of the molecule is O=C(c1ccc(-c2cnco2)cc1)N(CCO)C1CC1. The molecule has 1 aromatic heterocycles. The number of aromatic nitrogens is 1. The van der Waals surface area contributed by atoms with E-state index in [-0.39, 0.29) is 12.5 Å². The second-order valence-corrected chi connectivity index (χ2v) is 4.90. The Labute approximate surface area is 116 Å². The van der Waals surface area contributed by atoms with Gasteiger partial charge in [-0.15, -0.1) is 0 Å². The number of carbonyl (C=O) groups excluding carboxylic acids is 1. The molecule has 0 unspecified atom stereocenters. The molecular weight excluding hydrogens is 256 g/mol. The Kier molecular flexibility index (Phi) is 3.52. The van der Waals surface area contributed by atoms with Crippen LogP contribution in [0.5, 0.6) is 0 Å². The highest BCUT2D eigenvalue weighted by molar-refractivity contribution is 5.95. The monoisotopic (exact) mass is 272 g/mol. The van der Waals surface area contributed by atoms with Crippen LogP contribution >= 0.6 is 0 Å². The number of oxazole rings is 1. The third-order valence-electron chi connectivity index (χ3n) is 3.44. The Bertz CT molecular complexity index is 574. The van der Waals surface area contributed by atoms with Crippen molar-refractivity contribution in [3.63, 3.8) is 0 Å². The fraction of sp³-hybridized carbons (Fsp3) is 0.333. The Balaban J connectivity index is 1.78. The average Bonchev–Trinajstić information content (AvgIpc) is 3.17. The first-order chi connectivity index (χ1) is 9.79. The fourth-order valence-corrected chi connectivity index (χ4v) is 2.25. The molecule has 0 saturated heterocycles. The van der Waals surface area contributed by atoms with E-state index in [1.807, 2.05) is 12.1 Å². The molecule has 1 aliphatic rings. The van der Waals surface area contributed by atoms with Crippen molar-refractivity contribution in [2.45, 2.75) is 18.9 Å². The van der Waals surface area contributed by atoms with E-state index in [9.17, 15) is 4.79 Å². The van der Waals surface area contributed by atoms with Crippen LogP contribution in [-0.2, 0) is 0 Å². The normalized spacial score (nSPS) is 14.2. The summed E-state index contributed by atoms with van der Waals surface area (Å²) in [5.74, 6) is 0.657. The van der Waals surface area contributed by atoms with Gasteiger partial charge in [0.05, 0.1) is 12.8 Å². The summed E-state index contributed by atoms with van der Waals surface area (Å²) in [5.41, 5.74) is 1.52. The molecule has 1 aliphatic carbocycles. The predicted molar refractivity (Wildman–Crippen MR) is 73.1 cm³/mol. The molecule has 0 bridgehead atoms. The third kappa shape index (κ3) is 2.58. The van der Waals surface area contributed by atoms with Gasteiger partial charge in [-0.25, -0.2) is 4.98 Å². The van der Waals surface area contributed by atoms with Crippen molar-refractivity contribution >= 4 is 5.91 Å². The number of aliphatic hydroxyl groups excluding tert-OH is 1. The molecule has 1 amide bonds. The maximum absolute atomic E-state index is 12.4. The lowest BCUT2D eigenvalue weighted by atomic mass is 10.1. The second kappa shape index (κ2) is 5.46. The maximum atomic E-state index is 12.4. The predicted octanol–water partition coefficient (Wildman–Crippen LogP) is 1.94. The van der Waals surface area contributed by atoms with Crippen LogP contribution in [0.3, 0.4) is 0 Å². The van der Waals surface area contributed by atoms with Crippen LogP contribution in [0.4, 0.5) is 0 Å². The Morgan fingerprint density at radius 2 is 2.10 bits per heavy atom. The summed E-state index contributed by atoms with van der Waals surface area (Å²) in [7, 11) is 0. The van der Waals surface area contributed by atoms with E-state index in [1.165, 1.54) is 6.39 Å². The quantitative estimate of drug-likeness (QED) is 0.903. The van der Waals surface area contributed by atoms with E-state index in [4.69, 9.17) is 9.52 Å². The zero-order valence-corrected chi connectivity index (χ0v) is 11.0. The molecule has 1 heterocycles. The number of amides is 1. The zero-order valence-electron chi connectivity index (χ0n) is 11.0. The number of carbonyl (C=O) groups is 1. The van der Waals surface area contributed by atoms with Crippen LogP contribution in [0.2, 0.25) is 0 Å². The largest absolute Gasteiger partial charge is 0.444 e. The van der Waals surface area contributed by atoms with E-state index < -0.39 is 0 Å². The molecule has 104 valence electrons. The standard InChI is InChI=1S/C15H16N2O3/c18-8-7-17(13-5-6-13)15(19)12-3-1-11(2-4-12)14-9-16-10-20-14/h1-4,9-10,13,18H,5-8H2. The van der Waals surface area contributed by atoms with Gasteiger partial charge in [0.2, 0.25) is 0 Å². The number of benzene rings is 1. The van der Waals surface area contributed by atoms with Crippen molar-refractivity contribution in [1.82, 2.24) is 9.88 Å². The van der Waals surface area contributed by atoms with E-state index in [2.05, 4.69) is 4.98 Å². The van der Waals surface area contributed by atoms with Gasteiger partial charge >= 0.3 is 0 Å². The minimum Gasteiger partial charge on any atom is -0.444 e. The summed E-state index contributed by atoms with van der Waals surface area (Å²) in [6, 6.07) is 7.55. The fourth-order valence-electron chi connectivity index (χ4n) is 2.25. The molecule has 1 N–H and O–H groups in total. The molecule has 0 radical (unpaired) electrons. The van der Waals surface area contributed by atoms with Crippen LogP contribution in [0, 0.1) is 0 Å². The molecule has 5 nitrogen and oxygen atoms in total. The summed E-state index contributed by atoms with van der Waals surface area (Å²) < 4.78 is 5.21. The smallest absolute Gasteiger partial charge is 0.254 e. The molecule has 20 heavy (non-hydrogen) atoms. The first kappa shape index (κ1) is 12.9. The van der Waals surface area contributed by atoms with Gasteiger partial charge in [0, 0.05) is 23.7 Å². The maximum Gasteiger partial charge on any atom is 0.254 e. The Hall–Kier alpha value is -2.14. The highest BCUT2D eigenvalue weighted by Crippen LogP contribution is 2.28. The number of aliphatic hydroxyl groups is 1. The van der Waals surface area contributed by atoms with Gasteiger partial charge in [-0.3, -0.25) is 4.79 Å². The van der Waals surface area contributed by atoms with E-state index in [1.54, 1.807) is 23.2 Å². The Morgan fingerprint density at radius 1 is 1.35 bits per heavy atom. The topological polar surface area (TPSA) is 66.6 Å². The molecule has 1 aromatic carbocycles. The lowest BCUT2D eigenvalue weighted by molar-refractivity contribution is 0.0707. The summed E-state index contributed by atoms with van der Waals surface area (Å²) in [6.45, 7) is 0.395. The van der Waals surface area contributed by atoms with Crippen LogP contribution < -0.4 is 0 Å². The number of nitrogens with zero attached hydrogens (tertiary/aromatic N) is 2. The van der Waals surface area contributed by atoms with Gasteiger partial charge in [0.25, 0.3) is 5.91 Å². The highest BCUT2D eigenvalue weighted by atomic mass is 16.3. The molecule has 0 atom stereocenters. The number of rotatable bonds is 5. The number of hydrogen-bond donors (Lipinski definition) is 1. The van der Waals surface area contributed by atoms with E-state index in [0.29, 0.717) is 23.9 Å². The summed E-state index contributed by atoms with van der Waals surface area (Å²) in [6.07, 6.45) is 5.08. The third-order valence-corrected chi connectivity index (χ3v) is 3.44. The van der Waals surface area contributed by atoms with Crippen LogP contribution in [0.25, 0.3) is 11.3 Å². The molecule has 1 saturated carbocycles. The zero-order chi connectivity index (χ0) is 13.9. The van der Waals surface area contributed by atoms with Crippen LogP contribution in [-0.4, -0.2) is 40.1 Å². The molecule has 3 rings (SSSR count). The van der Waals surface area contributed by atoms with Crippen molar-refractivity contribution < 1.29 is 14.3 Å². The lowest BCUT2D eigenvalue weighted by Gasteiger charge is -2.21. The molecule has 5 heteroatoms. The molecule has 2 aromatic rings. The van der Waals surface area contributed by atoms with Gasteiger partial charge in [0.15, 0.2) is 12.2 Å². The van der Waals surface area contributed by atoms with Crippen molar-refractivity contribution in [2.24, 2.45) is 0 Å².